The number of morpholine rings is 1. The second kappa shape index (κ2) is 10.8. The molecule has 1 N–H and O–H groups in total. The number of hydrogen-bond donors (Lipinski definition) is 1. The van der Waals surface area contributed by atoms with E-state index in [0.29, 0.717) is 6.61 Å². The van der Waals surface area contributed by atoms with E-state index in [4.69, 9.17) is 14.2 Å². The van der Waals surface area contributed by atoms with Gasteiger partial charge in [0.15, 0.2) is 0 Å². The molecule has 1 aliphatic carbocycles. The van der Waals surface area contributed by atoms with Crippen molar-refractivity contribution in [2.45, 2.75) is 37.5 Å². The zero-order valence-corrected chi connectivity index (χ0v) is 19.0. The lowest BCUT2D eigenvalue weighted by Crippen LogP contribution is -2.37. The normalized spacial score (nSPS) is 18.3. The highest BCUT2D eigenvalue weighted by atomic mass is 16.5. The zero-order valence-electron chi connectivity index (χ0n) is 19.0. The van der Waals surface area contributed by atoms with Gasteiger partial charge in [-0.05, 0) is 61.2 Å². The maximum absolute atomic E-state index is 13.4. The molecule has 0 unspecified atom stereocenters. The Kier molecular flexibility index (Phi) is 7.66. The predicted molar refractivity (Wildman–Crippen MR) is 126 cm³/mol. The molecule has 1 aliphatic heterocycles. The minimum Gasteiger partial charge on any atom is -0.497 e. The third-order valence-electron chi connectivity index (χ3n) is 6.64. The molecular formula is C26H34N2O4. The van der Waals surface area contributed by atoms with Crippen LogP contribution in [0.15, 0.2) is 48.5 Å². The van der Waals surface area contributed by atoms with Crippen LogP contribution in [0.25, 0.3) is 0 Å². The summed E-state index contributed by atoms with van der Waals surface area (Å²) in [4.78, 5) is 15.8. The summed E-state index contributed by atoms with van der Waals surface area (Å²) in [5.41, 5.74) is 1.39. The van der Waals surface area contributed by atoms with Crippen molar-refractivity contribution in [3.8, 4) is 11.5 Å². The number of anilines is 1. The van der Waals surface area contributed by atoms with Crippen LogP contribution in [0.4, 0.5) is 5.69 Å². The van der Waals surface area contributed by atoms with E-state index in [2.05, 4.69) is 10.2 Å². The van der Waals surface area contributed by atoms with Crippen LogP contribution in [0.3, 0.4) is 0 Å². The molecule has 0 spiro atoms. The number of rotatable bonds is 9. The first-order chi connectivity index (χ1) is 15.7. The lowest BCUT2D eigenvalue weighted by atomic mass is 9.78. The van der Waals surface area contributed by atoms with Gasteiger partial charge in [-0.3, -0.25) is 9.69 Å². The van der Waals surface area contributed by atoms with E-state index in [1.807, 2.05) is 48.5 Å². The maximum atomic E-state index is 13.4. The largest absolute Gasteiger partial charge is 0.497 e. The average molecular weight is 439 g/mol. The summed E-state index contributed by atoms with van der Waals surface area (Å²) in [5, 5.41) is 3.15. The maximum Gasteiger partial charge on any atom is 0.235 e. The molecule has 0 radical (unpaired) electrons. The predicted octanol–water partition coefficient (Wildman–Crippen LogP) is 4.25. The summed E-state index contributed by atoms with van der Waals surface area (Å²) < 4.78 is 16.5. The Hall–Kier alpha value is -2.57. The Morgan fingerprint density at radius 1 is 1.00 bits per heavy atom. The molecule has 1 heterocycles. The summed E-state index contributed by atoms with van der Waals surface area (Å²) >= 11 is 0. The lowest BCUT2D eigenvalue weighted by Gasteiger charge is -2.28. The summed E-state index contributed by atoms with van der Waals surface area (Å²) in [6, 6.07) is 15.6. The molecule has 4 rings (SSSR count). The summed E-state index contributed by atoms with van der Waals surface area (Å²) in [5.74, 6) is 1.71. The Morgan fingerprint density at radius 2 is 1.66 bits per heavy atom. The minimum absolute atomic E-state index is 0.0688. The van der Waals surface area contributed by atoms with E-state index in [9.17, 15) is 4.79 Å². The first kappa shape index (κ1) is 22.6. The van der Waals surface area contributed by atoms with Crippen molar-refractivity contribution < 1.29 is 19.0 Å². The molecule has 172 valence electrons. The molecule has 6 heteroatoms. The van der Waals surface area contributed by atoms with Gasteiger partial charge in [0.05, 0.1) is 32.3 Å². The number of ether oxygens (including phenoxy) is 3. The molecule has 2 aliphatic rings. The molecule has 2 aromatic carbocycles. The van der Waals surface area contributed by atoms with Crippen LogP contribution in [-0.4, -0.2) is 57.4 Å². The molecular weight excluding hydrogens is 404 g/mol. The van der Waals surface area contributed by atoms with Gasteiger partial charge in [-0.25, -0.2) is 0 Å². The van der Waals surface area contributed by atoms with Crippen LogP contribution in [-0.2, 0) is 14.9 Å². The zero-order chi connectivity index (χ0) is 22.2. The van der Waals surface area contributed by atoms with Gasteiger partial charge >= 0.3 is 0 Å². The molecule has 0 bridgehead atoms. The number of hydrogen-bond acceptors (Lipinski definition) is 5. The second-order valence-electron chi connectivity index (χ2n) is 8.65. The molecule has 2 fully saturated rings. The van der Waals surface area contributed by atoms with Gasteiger partial charge in [0, 0.05) is 25.3 Å². The Balaban J connectivity index is 1.31. The van der Waals surface area contributed by atoms with Crippen molar-refractivity contribution in [1.82, 2.24) is 4.90 Å². The van der Waals surface area contributed by atoms with Gasteiger partial charge in [-0.15, -0.1) is 0 Å². The highest BCUT2D eigenvalue weighted by Crippen LogP contribution is 2.42. The fourth-order valence-electron chi connectivity index (χ4n) is 4.72. The summed E-state index contributed by atoms with van der Waals surface area (Å²) in [7, 11) is 1.66. The van der Waals surface area contributed by atoms with Crippen LogP contribution in [0, 0.1) is 0 Å². The van der Waals surface area contributed by atoms with Gasteiger partial charge in [0.25, 0.3) is 0 Å². The van der Waals surface area contributed by atoms with Gasteiger partial charge in [0.1, 0.15) is 11.5 Å². The molecule has 1 saturated carbocycles. The van der Waals surface area contributed by atoms with Crippen molar-refractivity contribution in [3.05, 3.63) is 54.1 Å². The van der Waals surface area contributed by atoms with Crippen LogP contribution < -0.4 is 14.8 Å². The fraction of sp³-hybridized carbons (Fsp3) is 0.500. The average Bonchev–Trinajstić information content (AvgIpc) is 3.35. The quantitative estimate of drug-likeness (QED) is 0.593. The van der Waals surface area contributed by atoms with E-state index in [1.165, 1.54) is 0 Å². The lowest BCUT2D eigenvalue weighted by molar-refractivity contribution is -0.121. The smallest absolute Gasteiger partial charge is 0.235 e. The van der Waals surface area contributed by atoms with Gasteiger partial charge < -0.3 is 19.5 Å². The van der Waals surface area contributed by atoms with Gasteiger partial charge in [-0.2, -0.15) is 0 Å². The van der Waals surface area contributed by atoms with Crippen LogP contribution in [0.1, 0.15) is 37.7 Å². The van der Waals surface area contributed by atoms with E-state index in [-0.39, 0.29) is 5.91 Å². The SMILES string of the molecule is COc1ccc(C2(C(=O)Nc3ccc(OCCCN4CCOCC4)cc3)CCCC2)cc1. The van der Waals surface area contributed by atoms with Gasteiger partial charge in [-0.1, -0.05) is 25.0 Å². The van der Waals surface area contributed by atoms with Crippen molar-refractivity contribution >= 4 is 11.6 Å². The topological polar surface area (TPSA) is 60.0 Å². The number of methoxy groups -OCH3 is 1. The van der Waals surface area contributed by atoms with E-state index in [0.717, 1.165) is 87.7 Å². The first-order valence-corrected chi connectivity index (χ1v) is 11.7. The van der Waals surface area contributed by atoms with E-state index < -0.39 is 5.41 Å². The Labute approximate surface area is 190 Å². The van der Waals surface area contributed by atoms with Crippen molar-refractivity contribution in [3.63, 3.8) is 0 Å². The number of carbonyl (C=O) groups is 1. The first-order valence-electron chi connectivity index (χ1n) is 11.7. The van der Waals surface area contributed by atoms with Crippen molar-refractivity contribution in [2.75, 3.05) is 51.9 Å². The molecule has 2 aromatic rings. The highest BCUT2D eigenvalue weighted by Gasteiger charge is 2.42. The molecule has 1 amide bonds. The number of benzene rings is 2. The number of nitrogens with one attached hydrogen (secondary N) is 1. The van der Waals surface area contributed by atoms with Crippen LogP contribution >= 0.6 is 0 Å². The molecule has 0 aromatic heterocycles. The molecule has 32 heavy (non-hydrogen) atoms. The van der Waals surface area contributed by atoms with Crippen molar-refractivity contribution in [2.24, 2.45) is 0 Å². The minimum atomic E-state index is -0.471. The standard InChI is InChI=1S/C26H34N2O4/c1-30-23-9-5-21(6-10-23)26(13-2-3-14-26)25(29)27-22-7-11-24(12-8-22)32-18-4-15-28-16-19-31-20-17-28/h5-12H,2-4,13-20H2,1H3,(H,27,29). The number of amides is 1. The number of nitrogens with zero attached hydrogens (tertiary/aromatic N) is 1. The van der Waals surface area contributed by atoms with E-state index >= 15 is 0 Å². The third-order valence-corrected chi connectivity index (χ3v) is 6.64. The summed E-state index contributed by atoms with van der Waals surface area (Å²) in [6.45, 7) is 5.38. The Bertz CT molecular complexity index is 854. The summed E-state index contributed by atoms with van der Waals surface area (Å²) in [6.07, 6.45) is 4.86. The van der Waals surface area contributed by atoms with Crippen molar-refractivity contribution in [1.29, 1.82) is 0 Å². The van der Waals surface area contributed by atoms with Gasteiger partial charge in [0.2, 0.25) is 5.91 Å². The second-order valence-corrected chi connectivity index (χ2v) is 8.65. The van der Waals surface area contributed by atoms with Crippen LogP contribution in [0.2, 0.25) is 0 Å². The fourth-order valence-corrected chi connectivity index (χ4v) is 4.72. The third kappa shape index (κ3) is 5.43. The Morgan fingerprint density at radius 3 is 2.31 bits per heavy atom. The number of carbonyl (C=O) groups excluding carboxylic acids is 1. The molecule has 0 atom stereocenters. The van der Waals surface area contributed by atoms with E-state index in [1.54, 1.807) is 7.11 Å². The highest BCUT2D eigenvalue weighted by molar-refractivity contribution is 5.99. The molecule has 1 saturated heterocycles. The van der Waals surface area contributed by atoms with Crippen LogP contribution in [0.5, 0.6) is 11.5 Å². The molecule has 6 nitrogen and oxygen atoms in total. The monoisotopic (exact) mass is 438 g/mol.